The first-order valence-electron chi connectivity index (χ1n) is 11.9. The molecule has 3 nitrogen and oxygen atoms in total. The van der Waals surface area contributed by atoms with Crippen molar-refractivity contribution in [3.8, 4) is 0 Å². The number of hydrogen-bond donors (Lipinski definition) is 2. The SMILES string of the molecule is C=C/C=C(NC1C[C@H]2CCC[C@@H](C1)N2C1C[C@H]2CC(C)C[C@@H](C1)C2)\C(N)=C/C. The van der Waals surface area contributed by atoms with E-state index >= 15 is 0 Å². The molecule has 0 amide bonds. The molecule has 4 aliphatic rings. The van der Waals surface area contributed by atoms with Crippen LogP contribution in [-0.2, 0) is 0 Å². The normalized spacial score (nSPS) is 42.1. The van der Waals surface area contributed by atoms with Gasteiger partial charge in [-0.25, -0.2) is 0 Å². The molecule has 156 valence electrons. The minimum absolute atomic E-state index is 0.541. The van der Waals surface area contributed by atoms with Gasteiger partial charge >= 0.3 is 0 Å². The van der Waals surface area contributed by atoms with Crippen molar-refractivity contribution in [3.63, 3.8) is 0 Å². The molecular weight excluding hydrogens is 342 g/mol. The maximum Gasteiger partial charge on any atom is 0.0572 e. The summed E-state index contributed by atoms with van der Waals surface area (Å²) in [6.07, 6.45) is 20.0. The molecule has 3 heteroatoms. The molecule has 2 saturated heterocycles. The maximum atomic E-state index is 6.22. The Kier molecular flexibility index (Phi) is 6.20. The molecule has 3 unspecified atom stereocenters. The van der Waals surface area contributed by atoms with E-state index in [9.17, 15) is 0 Å². The summed E-state index contributed by atoms with van der Waals surface area (Å²) in [5.41, 5.74) is 8.10. The first-order chi connectivity index (χ1) is 13.6. The Morgan fingerprint density at radius 2 is 1.61 bits per heavy atom. The molecule has 7 atom stereocenters. The van der Waals surface area contributed by atoms with E-state index in [1.165, 1.54) is 64.2 Å². The number of hydrogen-bond acceptors (Lipinski definition) is 3. The van der Waals surface area contributed by atoms with Gasteiger partial charge < -0.3 is 11.1 Å². The van der Waals surface area contributed by atoms with Crippen LogP contribution in [-0.4, -0.2) is 29.1 Å². The molecule has 0 spiro atoms. The molecule has 2 saturated carbocycles. The second-order valence-electron chi connectivity index (χ2n) is 10.2. The van der Waals surface area contributed by atoms with Crippen molar-refractivity contribution in [3.05, 3.63) is 36.2 Å². The standard InChI is InChI=1S/C25H41N3/c1-4-7-25(24(26)5-2)27-20-15-21-8-6-9-22(16-20)28(21)23-13-18-10-17(3)11-19(12-18)14-23/h4-5,7,17-23,27H,1,6,8-16,26H2,2-3H3/b24-5+,25-7+/t17?,18-,19+,20?,21-,22+,23?. The number of allylic oxidation sites excluding steroid dienone is 3. The summed E-state index contributed by atoms with van der Waals surface area (Å²) in [7, 11) is 0. The molecule has 3 N–H and O–H groups in total. The van der Waals surface area contributed by atoms with Gasteiger partial charge in [-0.15, -0.1) is 0 Å². The predicted octanol–water partition coefficient (Wildman–Crippen LogP) is 5.11. The van der Waals surface area contributed by atoms with E-state index in [-0.39, 0.29) is 0 Å². The van der Waals surface area contributed by atoms with Crippen LogP contribution in [0.3, 0.4) is 0 Å². The highest BCUT2D eigenvalue weighted by Gasteiger charge is 2.45. The van der Waals surface area contributed by atoms with Gasteiger partial charge in [0.1, 0.15) is 0 Å². The summed E-state index contributed by atoms with van der Waals surface area (Å²) < 4.78 is 0. The van der Waals surface area contributed by atoms with Crippen LogP contribution in [0.25, 0.3) is 0 Å². The largest absolute Gasteiger partial charge is 0.397 e. The number of nitrogens with zero attached hydrogens (tertiary/aromatic N) is 1. The van der Waals surface area contributed by atoms with Crippen molar-refractivity contribution in [2.75, 3.05) is 0 Å². The number of fused-ring (bicyclic) bond motifs is 4. The first kappa shape index (κ1) is 20.1. The monoisotopic (exact) mass is 383 g/mol. The lowest BCUT2D eigenvalue weighted by Crippen LogP contribution is -2.61. The van der Waals surface area contributed by atoms with Gasteiger partial charge in [0.05, 0.1) is 11.4 Å². The fourth-order valence-corrected chi connectivity index (χ4v) is 7.24. The number of nitrogens with one attached hydrogen (secondary N) is 1. The van der Waals surface area contributed by atoms with Crippen molar-refractivity contribution in [2.45, 2.75) is 102 Å². The molecule has 4 rings (SSSR count). The minimum atomic E-state index is 0.541. The van der Waals surface area contributed by atoms with E-state index in [2.05, 4.69) is 23.7 Å². The molecule has 0 aromatic rings. The lowest BCUT2D eigenvalue weighted by Gasteiger charge is -2.55. The van der Waals surface area contributed by atoms with E-state index in [0.717, 1.165) is 47.3 Å². The van der Waals surface area contributed by atoms with Crippen LogP contribution in [0.1, 0.15) is 78.1 Å². The van der Waals surface area contributed by atoms with Crippen LogP contribution in [0.15, 0.2) is 36.2 Å². The Balaban J connectivity index is 1.44. The van der Waals surface area contributed by atoms with E-state index in [1.807, 2.05) is 25.2 Å². The van der Waals surface area contributed by atoms with Gasteiger partial charge in [-0.2, -0.15) is 0 Å². The predicted molar refractivity (Wildman–Crippen MR) is 119 cm³/mol. The molecule has 0 aromatic heterocycles. The number of piperidine rings is 2. The van der Waals surface area contributed by atoms with Gasteiger partial charge in [-0.3, -0.25) is 4.90 Å². The first-order valence-corrected chi connectivity index (χ1v) is 11.9. The average Bonchev–Trinajstić information content (AvgIpc) is 2.65. The average molecular weight is 384 g/mol. The molecule has 2 aliphatic carbocycles. The van der Waals surface area contributed by atoms with E-state index in [1.54, 1.807) is 0 Å². The molecule has 4 fully saturated rings. The van der Waals surface area contributed by atoms with Gasteiger partial charge in [0, 0.05) is 24.2 Å². The molecule has 0 radical (unpaired) electrons. The van der Waals surface area contributed by atoms with Crippen molar-refractivity contribution in [1.29, 1.82) is 0 Å². The fraction of sp³-hybridized carbons (Fsp3) is 0.760. The summed E-state index contributed by atoms with van der Waals surface area (Å²) in [6.45, 7) is 8.35. The van der Waals surface area contributed by atoms with Crippen LogP contribution in [0.2, 0.25) is 0 Å². The molecule has 2 heterocycles. The van der Waals surface area contributed by atoms with Gasteiger partial charge in [0.25, 0.3) is 0 Å². The second-order valence-corrected chi connectivity index (χ2v) is 10.2. The Hall–Kier alpha value is -1.22. The van der Waals surface area contributed by atoms with Gasteiger partial charge in [-0.05, 0) is 88.5 Å². The summed E-state index contributed by atoms with van der Waals surface area (Å²) in [5, 5.41) is 3.78. The molecule has 4 bridgehead atoms. The van der Waals surface area contributed by atoms with Crippen molar-refractivity contribution in [1.82, 2.24) is 10.2 Å². The third kappa shape index (κ3) is 4.20. The number of nitrogens with two attached hydrogens (primary N) is 1. The maximum absolute atomic E-state index is 6.22. The van der Waals surface area contributed by atoms with E-state index in [4.69, 9.17) is 5.73 Å². The third-order valence-corrected chi connectivity index (χ3v) is 8.07. The summed E-state index contributed by atoms with van der Waals surface area (Å²) in [6, 6.07) is 2.93. The highest BCUT2D eigenvalue weighted by Crippen LogP contribution is 2.47. The van der Waals surface area contributed by atoms with Crippen LogP contribution in [0.4, 0.5) is 0 Å². The van der Waals surface area contributed by atoms with Crippen molar-refractivity contribution in [2.24, 2.45) is 23.5 Å². The highest BCUT2D eigenvalue weighted by atomic mass is 15.2. The highest BCUT2D eigenvalue weighted by molar-refractivity contribution is 5.29. The van der Waals surface area contributed by atoms with Gasteiger partial charge in [-0.1, -0.05) is 32.1 Å². The van der Waals surface area contributed by atoms with Crippen LogP contribution in [0.5, 0.6) is 0 Å². The van der Waals surface area contributed by atoms with E-state index in [0.29, 0.717) is 6.04 Å². The summed E-state index contributed by atoms with van der Waals surface area (Å²) in [5.74, 6) is 2.97. The van der Waals surface area contributed by atoms with E-state index < -0.39 is 0 Å². The summed E-state index contributed by atoms with van der Waals surface area (Å²) in [4.78, 5) is 3.02. The zero-order valence-corrected chi connectivity index (χ0v) is 18.1. The van der Waals surface area contributed by atoms with Gasteiger partial charge in [0.15, 0.2) is 0 Å². The Morgan fingerprint density at radius 3 is 2.18 bits per heavy atom. The quantitative estimate of drug-likeness (QED) is 0.648. The molecule has 0 aromatic carbocycles. The van der Waals surface area contributed by atoms with Crippen molar-refractivity contribution < 1.29 is 0 Å². The second kappa shape index (κ2) is 8.65. The fourth-order valence-electron chi connectivity index (χ4n) is 7.24. The third-order valence-electron chi connectivity index (χ3n) is 8.07. The van der Waals surface area contributed by atoms with Crippen molar-refractivity contribution >= 4 is 0 Å². The van der Waals surface area contributed by atoms with Gasteiger partial charge in [0.2, 0.25) is 0 Å². The Morgan fingerprint density at radius 1 is 0.964 bits per heavy atom. The zero-order valence-electron chi connectivity index (χ0n) is 18.1. The Labute approximate surface area is 172 Å². The lowest BCUT2D eigenvalue weighted by atomic mass is 9.65. The minimum Gasteiger partial charge on any atom is -0.397 e. The molecule has 2 aliphatic heterocycles. The molecular formula is C25H41N3. The molecule has 28 heavy (non-hydrogen) atoms. The lowest BCUT2D eigenvalue weighted by molar-refractivity contribution is -0.0471. The van der Waals surface area contributed by atoms with Crippen LogP contribution in [0, 0.1) is 17.8 Å². The number of rotatable bonds is 5. The smallest absolute Gasteiger partial charge is 0.0572 e. The topological polar surface area (TPSA) is 41.3 Å². The van der Waals surface area contributed by atoms with Crippen LogP contribution >= 0.6 is 0 Å². The zero-order chi connectivity index (χ0) is 19.7. The Bertz CT molecular complexity index is 589. The summed E-state index contributed by atoms with van der Waals surface area (Å²) >= 11 is 0. The van der Waals surface area contributed by atoms with Crippen LogP contribution < -0.4 is 11.1 Å².